The summed E-state index contributed by atoms with van der Waals surface area (Å²) in [6, 6.07) is 13.2. The van der Waals surface area contributed by atoms with Gasteiger partial charge in [0.15, 0.2) is 23.3 Å². The van der Waals surface area contributed by atoms with E-state index in [1.54, 1.807) is 36.7 Å². The van der Waals surface area contributed by atoms with E-state index < -0.39 is 23.3 Å². The summed E-state index contributed by atoms with van der Waals surface area (Å²) in [6.45, 7) is 15.3. The number of ether oxygens (including phenoxy) is 2. The normalized spacial score (nSPS) is 16.5. The molecular formula is C61H75BrF4N14O4. The van der Waals surface area contributed by atoms with Crippen molar-refractivity contribution in [2.24, 2.45) is 11.8 Å². The van der Waals surface area contributed by atoms with Gasteiger partial charge in [-0.25, -0.2) is 57.4 Å². The van der Waals surface area contributed by atoms with Crippen LogP contribution in [0.15, 0.2) is 73.3 Å². The highest BCUT2D eigenvalue weighted by Crippen LogP contribution is 2.40. The van der Waals surface area contributed by atoms with E-state index in [4.69, 9.17) is 19.7 Å². The Hall–Kier alpha value is -6.92. The predicted molar refractivity (Wildman–Crippen MR) is 321 cm³/mol. The Morgan fingerprint density at radius 3 is 1.49 bits per heavy atom. The summed E-state index contributed by atoms with van der Waals surface area (Å²) >= 11 is 3.15. The number of halogens is 5. The number of fused-ring (bicyclic) bond motifs is 6. The number of anilines is 4. The number of imidazole rings is 2. The van der Waals surface area contributed by atoms with Crippen LogP contribution in [0, 0.1) is 35.1 Å². The monoisotopic (exact) mass is 1220 g/mol. The second-order valence-electron chi connectivity index (χ2n) is 22.7. The number of alkyl halides is 1. The molecule has 0 unspecified atom stereocenters. The topological polar surface area (TPSA) is 211 Å². The predicted octanol–water partition coefficient (Wildman–Crippen LogP) is 11.4. The molecule has 448 valence electrons. The first kappa shape index (κ1) is 61.6. The van der Waals surface area contributed by atoms with Gasteiger partial charge in [-0.15, -0.1) is 0 Å². The number of piperidine rings is 2. The van der Waals surface area contributed by atoms with E-state index in [9.17, 15) is 8.78 Å². The van der Waals surface area contributed by atoms with Crippen molar-refractivity contribution < 1.29 is 37.2 Å². The minimum absolute atomic E-state index is 0. The van der Waals surface area contributed by atoms with Crippen molar-refractivity contribution >= 4 is 61.5 Å². The van der Waals surface area contributed by atoms with Crippen LogP contribution in [0.2, 0.25) is 0 Å². The molecule has 10 heterocycles. The van der Waals surface area contributed by atoms with E-state index in [0.29, 0.717) is 88.0 Å². The highest BCUT2D eigenvalue weighted by molar-refractivity contribution is 9.09. The van der Waals surface area contributed by atoms with Gasteiger partial charge in [-0.05, 0) is 166 Å². The number of rotatable bonds is 17. The molecule has 4 aliphatic heterocycles. The first-order valence-corrected chi connectivity index (χ1v) is 29.6. The number of hydrogen-bond acceptors (Lipinski definition) is 16. The van der Waals surface area contributed by atoms with Gasteiger partial charge in [0, 0.05) is 60.1 Å². The molecule has 0 atom stereocenters. The fraction of sp³-hybridized carbons (Fsp3) is 0.475. The van der Waals surface area contributed by atoms with Crippen molar-refractivity contribution in [2.75, 3.05) is 75.1 Å². The van der Waals surface area contributed by atoms with Gasteiger partial charge in [-0.1, -0.05) is 23.4 Å². The maximum Gasteiger partial charge on any atom is 0.229 e. The van der Waals surface area contributed by atoms with E-state index in [-0.39, 0.29) is 48.4 Å². The molecule has 0 amide bonds. The molecule has 2 fully saturated rings. The molecule has 0 radical (unpaired) electrons. The van der Waals surface area contributed by atoms with Crippen LogP contribution < -0.4 is 25.4 Å². The Balaban J connectivity index is 0.000000185. The van der Waals surface area contributed by atoms with E-state index in [1.165, 1.54) is 12.1 Å². The molecule has 0 bridgehead atoms. The van der Waals surface area contributed by atoms with Crippen LogP contribution in [0.4, 0.5) is 41.1 Å². The standard InChI is InChI=1S/C30H35F2N7O2.C27H29F2N7O.C3H7BrO.CH4/c1-30(2)9-6-26-36-28-22(31)14-20(15-24(28)39(26)30)27-23(32)17-34-29(37-27)35-25-5-4-21(16-33-25)41-18-19-7-11-38(12-8-19)10-3-13-40;1-27(2)8-5-23-34-25-19(28)11-17(12-21(25)36(23)27)24-20(29)14-32-26(35-24)33-22-4-3-18(13-31-22)37-15-16-6-9-30-10-7-16;4-2-1-3-5;/h4-5,14-17,19,40H,3,6-13,18H2,1-2H3,(H,33,34,35,37);3-4,11-14,16,30H,5-10,15H2,1-2H3,(H,31,32,33,35);5H,1-3H2;1H4. The molecule has 0 saturated carbocycles. The van der Waals surface area contributed by atoms with E-state index in [0.717, 1.165) is 126 Å². The number of aryl methyl sites for hydroxylation is 2. The smallest absolute Gasteiger partial charge is 0.229 e. The molecule has 5 N–H and O–H groups in total. The molecule has 0 aliphatic carbocycles. The van der Waals surface area contributed by atoms with Crippen LogP contribution in [0.1, 0.15) is 98.1 Å². The van der Waals surface area contributed by atoms with Crippen molar-refractivity contribution in [3.8, 4) is 34.0 Å². The van der Waals surface area contributed by atoms with Gasteiger partial charge < -0.3 is 49.7 Å². The third-order valence-corrected chi connectivity index (χ3v) is 16.3. The number of aliphatic hydroxyl groups is 2. The summed E-state index contributed by atoms with van der Waals surface area (Å²) in [6.07, 6.45) is 14.8. The summed E-state index contributed by atoms with van der Waals surface area (Å²) in [7, 11) is 0. The number of hydrogen-bond donors (Lipinski definition) is 5. The average Bonchev–Trinajstić information content (AvgIpc) is 1.74. The van der Waals surface area contributed by atoms with Gasteiger partial charge in [-0.3, -0.25) is 0 Å². The average molecular weight is 1220 g/mol. The number of pyridine rings is 2. The Kier molecular flexibility index (Phi) is 20.1. The minimum atomic E-state index is -0.648. The SMILES string of the molecule is C.CC1(C)CCc2nc3c(F)cc(-c4nc(Nc5ccc(OCC6CCN(CCCO)CC6)cn5)ncc4F)cc3n21.CC1(C)CCc2nc3c(F)cc(-c4nc(Nc5ccc(OCC6CCNCC6)cn5)ncc4F)cc3n21.OCCCBr. The Labute approximate surface area is 495 Å². The highest BCUT2D eigenvalue weighted by atomic mass is 79.9. The maximum atomic E-state index is 15.1. The van der Waals surface area contributed by atoms with E-state index in [1.807, 2.05) is 21.3 Å². The van der Waals surface area contributed by atoms with Crippen LogP contribution >= 0.6 is 15.9 Å². The van der Waals surface area contributed by atoms with Crippen molar-refractivity contribution in [3.63, 3.8) is 0 Å². The molecule has 23 heteroatoms. The quantitative estimate of drug-likeness (QED) is 0.0424. The van der Waals surface area contributed by atoms with Crippen molar-refractivity contribution in [1.82, 2.24) is 59.2 Å². The van der Waals surface area contributed by atoms with E-state index >= 15 is 8.78 Å². The maximum absolute atomic E-state index is 15.1. The second kappa shape index (κ2) is 27.4. The van der Waals surface area contributed by atoms with Gasteiger partial charge in [0.25, 0.3) is 0 Å². The molecule has 18 nitrogen and oxygen atoms in total. The summed E-state index contributed by atoms with van der Waals surface area (Å²) in [5.74, 6) is 3.04. The fourth-order valence-electron chi connectivity index (χ4n) is 11.2. The first-order chi connectivity index (χ1) is 40.1. The van der Waals surface area contributed by atoms with Crippen LogP contribution in [-0.4, -0.2) is 129 Å². The molecule has 84 heavy (non-hydrogen) atoms. The molecular weight excluding hydrogens is 1150 g/mol. The van der Waals surface area contributed by atoms with Gasteiger partial charge in [0.1, 0.15) is 57.2 Å². The number of benzene rings is 2. The van der Waals surface area contributed by atoms with Gasteiger partial charge in [0.2, 0.25) is 11.9 Å². The van der Waals surface area contributed by atoms with Gasteiger partial charge in [-0.2, -0.15) is 0 Å². The number of nitrogens with zero attached hydrogens (tertiary/aromatic N) is 11. The summed E-state index contributed by atoms with van der Waals surface area (Å²) < 4.78 is 75.9. The summed E-state index contributed by atoms with van der Waals surface area (Å²) in [5, 5.41) is 27.3. The van der Waals surface area contributed by atoms with Gasteiger partial charge in [0.05, 0.1) is 49.0 Å². The fourth-order valence-corrected chi connectivity index (χ4v) is 11.4. The first-order valence-electron chi connectivity index (χ1n) is 28.5. The summed E-state index contributed by atoms with van der Waals surface area (Å²) in [4.78, 5) is 37.0. The van der Waals surface area contributed by atoms with Crippen molar-refractivity contribution in [1.29, 1.82) is 0 Å². The third kappa shape index (κ3) is 14.4. The largest absolute Gasteiger partial charge is 0.492 e. The van der Waals surface area contributed by atoms with E-state index in [2.05, 4.69) is 104 Å². The number of aliphatic hydroxyl groups excluding tert-OH is 2. The molecule has 0 spiro atoms. The Morgan fingerprint density at radius 1 is 0.607 bits per heavy atom. The lowest BCUT2D eigenvalue weighted by Crippen LogP contribution is -2.36. The molecule has 12 rings (SSSR count). The summed E-state index contributed by atoms with van der Waals surface area (Å²) in [5.41, 5.74) is 2.12. The molecule has 4 aliphatic rings. The Bertz CT molecular complexity index is 3500. The number of nitrogens with one attached hydrogen (secondary N) is 3. The number of aromatic nitrogens is 10. The zero-order valence-corrected chi connectivity index (χ0v) is 48.8. The highest BCUT2D eigenvalue weighted by Gasteiger charge is 2.35. The zero-order valence-electron chi connectivity index (χ0n) is 47.2. The Morgan fingerprint density at radius 2 is 1.07 bits per heavy atom. The van der Waals surface area contributed by atoms with Gasteiger partial charge >= 0.3 is 0 Å². The van der Waals surface area contributed by atoms with Crippen molar-refractivity contribution in [2.45, 2.75) is 110 Å². The molecule has 8 aromatic rings. The number of likely N-dealkylation sites (tertiary alicyclic amines) is 1. The minimum Gasteiger partial charge on any atom is -0.492 e. The van der Waals surface area contributed by atoms with Crippen LogP contribution in [0.25, 0.3) is 44.6 Å². The molecule has 2 aromatic carbocycles. The van der Waals surface area contributed by atoms with Crippen LogP contribution in [0.5, 0.6) is 11.5 Å². The third-order valence-electron chi connectivity index (χ3n) is 15.7. The van der Waals surface area contributed by atoms with Crippen molar-refractivity contribution in [3.05, 3.63) is 108 Å². The lowest BCUT2D eigenvalue weighted by molar-refractivity contribution is 0.133. The zero-order chi connectivity index (χ0) is 58.3. The molecule has 6 aromatic heterocycles. The lowest BCUT2D eigenvalue weighted by atomic mass is 9.98. The van der Waals surface area contributed by atoms with Crippen LogP contribution in [0.3, 0.4) is 0 Å². The second-order valence-corrected chi connectivity index (χ2v) is 23.5. The van der Waals surface area contributed by atoms with Crippen LogP contribution in [-0.2, 0) is 23.9 Å². The molecule has 2 saturated heterocycles. The lowest BCUT2D eigenvalue weighted by Gasteiger charge is -2.31.